The van der Waals surface area contributed by atoms with Crippen LogP contribution >= 0.6 is 0 Å². The van der Waals surface area contributed by atoms with Gasteiger partial charge in [0, 0.05) is 17.8 Å². The fourth-order valence-electron chi connectivity index (χ4n) is 3.04. The molecular formula is C18H26N2O. The van der Waals surface area contributed by atoms with Gasteiger partial charge in [0.05, 0.1) is 0 Å². The summed E-state index contributed by atoms with van der Waals surface area (Å²) in [6.07, 6.45) is 11.2. The SMILES string of the molecule is C[C@H](NC(=O)/C=C/c1cccc(N)c1)C1CCCCCC1. The molecule has 1 aromatic carbocycles. The summed E-state index contributed by atoms with van der Waals surface area (Å²) in [4.78, 5) is 12.0. The van der Waals surface area contributed by atoms with Crippen molar-refractivity contribution in [1.82, 2.24) is 5.32 Å². The molecular weight excluding hydrogens is 260 g/mol. The lowest BCUT2D eigenvalue weighted by Gasteiger charge is -2.22. The molecule has 1 fully saturated rings. The van der Waals surface area contributed by atoms with Gasteiger partial charge in [-0.25, -0.2) is 0 Å². The summed E-state index contributed by atoms with van der Waals surface area (Å²) in [5.74, 6) is 0.603. The molecule has 3 heteroatoms. The second kappa shape index (κ2) is 7.87. The highest BCUT2D eigenvalue weighted by atomic mass is 16.1. The molecule has 0 bridgehead atoms. The monoisotopic (exact) mass is 286 g/mol. The van der Waals surface area contributed by atoms with Crippen molar-refractivity contribution >= 4 is 17.7 Å². The van der Waals surface area contributed by atoms with E-state index < -0.39 is 0 Å². The number of hydrogen-bond donors (Lipinski definition) is 2. The quantitative estimate of drug-likeness (QED) is 0.503. The number of nitrogen functional groups attached to an aromatic ring is 1. The first-order chi connectivity index (χ1) is 10.1. The van der Waals surface area contributed by atoms with Gasteiger partial charge in [-0.15, -0.1) is 0 Å². The van der Waals surface area contributed by atoms with E-state index >= 15 is 0 Å². The Morgan fingerprint density at radius 3 is 2.67 bits per heavy atom. The minimum atomic E-state index is -0.0193. The van der Waals surface area contributed by atoms with Crippen molar-refractivity contribution in [3.8, 4) is 0 Å². The molecule has 0 aromatic heterocycles. The van der Waals surface area contributed by atoms with E-state index in [1.807, 2.05) is 30.3 Å². The van der Waals surface area contributed by atoms with Crippen LogP contribution in [0.25, 0.3) is 6.08 Å². The Labute approximate surface area is 127 Å². The molecule has 1 aliphatic rings. The Morgan fingerprint density at radius 2 is 2.00 bits per heavy atom. The van der Waals surface area contributed by atoms with Crippen molar-refractivity contribution in [2.45, 2.75) is 51.5 Å². The number of anilines is 1. The Bertz CT molecular complexity index is 488. The largest absolute Gasteiger partial charge is 0.399 e. The molecule has 2 rings (SSSR count). The van der Waals surface area contributed by atoms with Gasteiger partial charge in [-0.1, -0.05) is 37.8 Å². The number of carbonyl (C=O) groups excluding carboxylic acids is 1. The number of nitrogens with one attached hydrogen (secondary N) is 1. The predicted octanol–water partition coefficient (Wildman–Crippen LogP) is 3.76. The van der Waals surface area contributed by atoms with Crippen LogP contribution in [-0.4, -0.2) is 11.9 Å². The smallest absolute Gasteiger partial charge is 0.244 e. The summed E-state index contributed by atoms with van der Waals surface area (Å²) in [6, 6.07) is 7.78. The summed E-state index contributed by atoms with van der Waals surface area (Å²) < 4.78 is 0. The van der Waals surface area contributed by atoms with Crippen molar-refractivity contribution in [3.05, 3.63) is 35.9 Å². The van der Waals surface area contributed by atoms with Crippen LogP contribution in [0.4, 0.5) is 5.69 Å². The second-order valence-corrected chi connectivity index (χ2v) is 6.05. The predicted molar refractivity (Wildman–Crippen MR) is 88.7 cm³/mol. The molecule has 3 N–H and O–H groups in total. The standard InChI is InChI=1S/C18H26N2O/c1-14(16-8-4-2-3-5-9-16)20-18(21)12-11-15-7-6-10-17(19)13-15/h6-7,10-14,16H,2-5,8-9,19H2,1H3,(H,20,21)/b12-11+/t14-/m0/s1. The van der Waals surface area contributed by atoms with Crippen LogP contribution in [0.2, 0.25) is 0 Å². The van der Waals surface area contributed by atoms with Gasteiger partial charge in [0.15, 0.2) is 0 Å². The molecule has 114 valence electrons. The molecule has 1 atom stereocenters. The average molecular weight is 286 g/mol. The summed E-state index contributed by atoms with van der Waals surface area (Å²) >= 11 is 0. The third-order valence-electron chi connectivity index (χ3n) is 4.31. The van der Waals surface area contributed by atoms with Crippen LogP contribution in [0.1, 0.15) is 51.0 Å². The molecule has 0 heterocycles. The maximum absolute atomic E-state index is 12.0. The first-order valence-electron chi connectivity index (χ1n) is 7.99. The number of rotatable bonds is 4. The molecule has 1 amide bonds. The van der Waals surface area contributed by atoms with E-state index in [0.717, 1.165) is 5.56 Å². The molecule has 0 saturated heterocycles. The summed E-state index contributed by atoms with van der Waals surface area (Å²) in [5, 5.41) is 3.11. The average Bonchev–Trinajstić information content (AvgIpc) is 2.74. The topological polar surface area (TPSA) is 55.1 Å². The van der Waals surface area contributed by atoms with E-state index in [1.165, 1.54) is 38.5 Å². The lowest BCUT2D eigenvalue weighted by Crippen LogP contribution is -2.37. The van der Waals surface area contributed by atoms with E-state index in [2.05, 4.69) is 12.2 Å². The lowest BCUT2D eigenvalue weighted by atomic mass is 9.93. The first-order valence-corrected chi connectivity index (χ1v) is 7.99. The summed E-state index contributed by atoms with van der Waals surface area (Å²) in [5.41, 5.74) is 7.39. The van der Waals surface area contributed by atoms with Crippen molar-refractivity contribution in [2.75, 3.05) is 5.73 Å². The van der Waals surface area contributed by atoms with Crippen LogP contribution in [0.15, 0.2) is 30.3 Å². The van der Waals surface area contributed by atoms with Crippen molar-refractivity contribution in [1.29, 1.82) is 0 Å². The van der Waals surface area contributed by atoms with Crippen molar-refractivity contribution in [2.24, 2.45) is 5.92 Å². The maximum Gasteiger partial charge on any atom is 0.244 e. The molecule has 0 unspecified atom stereocenters. The van der Waals surface area contributed by atoms with Gasteiger partial charge < -0.3 is 11.1 Å². The summed E-state index contributed by atoms with van der Waals surface area (Å²) in [6.45, 7) is 2.13. The minimum absolute atomic E-state index is 0.0193. The zero-order chi connectivity index (χ0) is 15.1. The van der Waals surface area contributed by atoms with Crippen LogP contribution in [-0.2, 0) is 4.79 Å². The van der Waals surface area contributed by atoms with Crippen LogP contribution in [0.5, 0.6) is 0 Å². The third kappa shape index (κ3) is 5.25. The fraction of sp³-hybridized carbons (Fsp3) is 0.500. The number of amides is 1. The van der Waals surface area contributed by atoms with Gasteiger partial charge in [-0.05, 0) is 49.5 Å². The fourth-order valence-corrected chi connectivity index (χ4v) is 3.04. The van der Waals surface area contributed by atoms with E-state index in [1.54, 1.807) is 6.08 Å². The molecule has 3 nitrogen and oxygen atoms in total. The molecule has 0 radical (unpaired) electrons. The second-order valence-electron chi connectivity index (χ2n) is 6.05. The van der Waals surface area contributed by atoms with Crippen LogP contribution in [0, 0.1) is 5.92 Å². The van der Waals surface area contributed by atoms with Gasteiger partial charge in [-0.2, -0.15) is 0 Å². The van der Waals surface area contributed by atoms with Crippen molar-refractivity contribution < 1.29 is 4.79 Å². The number of hydrogen-bond acceptors (Lipinski definition) is 2. The van der Waals surface area contributed by atoms with Gasteiger partial charge in [-0.3, -0.25) is 4.79 Å². The van der Waals surface area contributed by atoms with Crippen molar-refractivity contribution in [3.63, 3.8) is 0 Å². The van der Waals surface area contributed by atoms with Gasteiger partial charge >= 0.3 is 0 Å². The lowest BCUT2D eigenvalue weighted by molar-refractivity contribution is -0.117. The zero-order valence-corrected chi connectivity index (χ0v) is 12.8. The molecule has 1 saturated carbocycles. The number of carbonyl (C=O) groups is 1. The van der Waals surface area contributed by atoms with Crippen LogP contribution in [0.3, 0.4) is 0 Å². The third-order valence-corrected chi connectivity index (χ3v) is 4.31. The number of nitrogens with two attached hydrogens (primary N) is 1. The molecule has 1 aliphatic carbocycles. The van der Waals surface area contributed by atoms with E-state index in [9.17, 15) is 4.79 Å². The normalized spacial score (nSPS) is 18.3. The van der Waals surface area contributed by atoms with E-state index in [0.29, 0.717) is 11.6 Å². The highest BCUT2D eigenvalue weighted by Crippen LogP contribution is 2.25. The molecule has 0 spiro atoms. The Morgan fingerprint density at radius 1 is 1.29 bits per heavy atom. The zero-order valence-electron chi connectivity index (χ0n) is 12.8. The van der Waals surface area contributed by atoms with Gasteiger partial charge in [0.25, 0.3) is 0 Å². The van der Waals surface area contributed by atoms with E-state index in [4.69, 9.17) is 5.73 Å². The Balaban J connectivity index is 1.85. The van der Waals surface area contributed by atoms with E-state index in [-0.39, 0.29) is 11.9 Å². The molecule has 21 heavy (non-hydrogen) atoms. The molecule has 0 aliphatic heterocycles. The Hall–Kier alpha value is -1.77. The van der Waals surface area contributed by atoms with Gasteiger partial charge in [0.2, 0.25) is 5.91 Å². The van der Waals surface area contributed by atoms with Gasteiger partial charge in [0.1, 0.15) is 0 Å². The highest BCUT2D eigenvalue weighted by molar-refractivity contribution is 5.92. The Kier molecular flexibility index (Phi) is 5.85. The molecule has 1 aromatic rings. The van der Waals surface area contributed by atoms with Crippen LogP contribution < -0.4 is 11.1 Å². The minimum Gasteiger partial charge on any atom is -0.399 e. The first kappa shape index (κ1) is 15.6. The maximum atomic E-state index is 12.0. The highest BCUT2D eigenvalue weighted by Gasteiger charge is 2.19. The number of benzene rings is 1. The summed E-state index contributed by atoms with van der Waals surface area (Å²) in [7, 11) is 0.